The quantitative estimate of drug-likeness (QED) is 0.501. The van der Waals surface area contributed by atoms with E-state index in [9.17, 15) is 14.4 Å². The minimum Gasteiger partial charge on any atom is -0.495 e. The Morgan fingerprint density at radius 3 is 2.38 bits per heavy atom. The monoisotopic (exact) mass is 461 g/mol. The summed E-state index contributed by atoms with van der Waals surface area (Å²) in [5.74, 6) is -0.531. The fourth-order valence-corrected chi connectivity index (χ4v) is 3.93. The largest absolute Gasteiger partial charge is 0.495 e. The van der Waals surface area contributed by atoms with Gasteiger partial charge in [-0.3, -0.25) is 24.6 Å². The summed E-state index contributed by atoms with van der Waals surface area (Å²) in [7, 11) is 1.48. The molecule has 0 atom stereocenters. The van der Waals surface area contributed by atoms with Crippen LogP contribution < -0.4 is 20.7 Å². The number of rotatable bonds is 10. The maximum absolute atomic E-state index is 12.6. The maximum Gasteiger partial charge on any atom is 0.270 e. The van der Waals surface area contributed by atoms with Crippen LogP contribution in [0.1, 0.15) is 55.5 Å². The minimum atomic E-state index is -0.412. The number of methoxy groups -OCH3 is 1. The van der Waals surface area contributed by atoms with Crippen LogP contribution in [0.5, 0.6) is 5.75 Å². The van der Waals surface area contributed by atoms with Crippen LogP contribution in [0.3, 0.4) is 0 Å². The molecule has 3 amide bonds. The molecule has 0 saturated heterocycles. The smallest absolute Gasteiger partial charge is 0.270 e. The summed E-state index contributed by atoms with van der Waals surface area (Å²) in [5, 5.41) is 10.1. The molecule has 9 nitrogen and oxygen atoms in total. The number of benzene rings is 1. The first-order valence-corrected chi connectivity index (χ1v) is 11.3. The van der Waals surface area contributed by atoms with Crippen LogP contribution in [-0.4, -0.2) is 59.9 Å². The molecule has 0 spiro atoms. The number of amides is 3. The second kappa shape index (κ2) is 11.6. The van der Waals surface area contributed by atoms with Gasteiger partial charge in [0, 0.05) is 43.0 Å². The first kappa shape index (κ1) is 25.3. The predicted octanol–water partition coefficient (Wildman–Crippen LogP) is 3.21. The highest BCUT2D eigenvalue weighted by atomic mass is 32.1. The molecule has 2 rings (SSSR count). The van der Waals surface area contributed by atoms with Crippen molar-refractivity contribution in [2.45, 2.75) is 46.7 Å². The van der Waals surface area contributed by atoms with Crippen LogP contribution in [0.4, 0.5) is 10.8 Å². The number of nitrogens with zero attached hydrogens (tertiary/aromatic N) is 2. The van der Waals surface area contributed by atoms with Crippen LogP contribution in [0.25, 0.3) is 0 Å². The van der Waals surface area contributed by atoms with Crippen molar-refractivity contribution in [3.8, 4) is 5.75 Å². The molecule has 0 bridgehead atoms. The van der Waals surface area contributed by atoms with Gasteiger partial charge in [-0.15, -0.1) is 11.3 Å². The van der Waals surface area contributed by atoms with E-state index in [-0.39, 0.29) is 17.5 Å². The number of aromatic nitrogens is 1. The highest BCUT2D eigenvalue weighted by Crippen LogP contribution is 2.26. The second-order valence-corrected chi connectivity index (χ2v) is 8.63. The van der Waals surface area contributed by atoms with E-state index in [0.717, 1.165) is 17.9 Å². The van der Waals surface area contributed by atoms with E-state index in [1.807, 2.05) is 0 Å². The van der Waals surface area contributed by atoms with Gasteiger partial charge in [-0.2, -0.15) is 0 Å². The van der Waals surface area contributed by atoms with Crippen molar-refractivity contribution in [1.29, 1.82) is 0 Å². The lowest BCUT2D eigenvalue weighted by atomic mass is 10.1. The molecule has 1 aromatic heterocycles. The summed E-state index contributed by atoms with van der Waals surface area (Å²) in [6.07, 6.45) is 0. The Bertz CT molecular complexity index is 950. The molecule has 1 aromatic carbocycles. The van der Waals surface area contributed by atoms with Crippen LogP contribution in [0, 0.1) is 0 Å². The summed E-state index contributed by atoms with van der Waals surface area (Å²) in [6.45, 7) is 11.1. The normalized spacial score (nSPS) is 11.0. The zero-order chi connectivity index (χ0) is 23.8. The number of anilines is 2. The topological polar surface area (TPSA) is 113 Å². The molecule has 1 heterocycles. The van der Waals surface area contributed by atoms with E-state index in [0.29, 0.717) is 40.8 Å². The second-order valence-electron chi connectivity index (χ2n) is 7.77. The van der Waals surface area contributed by atoms with Crippen molar-refractivity contribution >= 4 is 39.9 Å². The van der Waals surface area contributed by atoms with Crippen molar-refractivity contribution in [2.24, 2.45) is 0 Å². The zero-order valence-corrected chi connectivity index (χ0v) is 20.1. The van der Waals surface area contributed by atoms with Crippen LogP contribution in [0.2, 0.25) is 0 Å². The molecule has 0 unspecified atom stereocenters. The number of carbonyl (C=O) groups excluding carboxylic acids is 3. The summed E-state index contributed by atoms with van der Waals surface area (Å²) >= 11 is 1.16. The Hall–Kier alpha value is -2.98. The molecule has 174 valence electrons. The van der Waals surface area contributed by atoms with E-state index in [4.69, 9.17) is 4.74 Å². The van der Waals surface area contributed by atoms with Gasteiger partial charge < -0.3 is 15.4 Å². The first-order chi connectivity index (χ1) is 15.1. The Morgan fingerprint density at radius 2 is 1.78 bits per heavy atom. The van der Waals surface area contributed by atoms with Gasteiger partial charge in [-0.1, -0.05) is 0 Å². The van der Waals surface area contributed by atoms with Crippen LogP contribution in [0.15, 0.2) is 23.6 Å². The van der Waals surface area contributed by atoms with Gasteiger partial charge in [0.25, 0.3) is 11.8 Å². The number of nitrogens with one attached hydrogen (secondary N) is 3. The summed E-state index contributed by atoms with van der Waals surface area (Å²) in [4.78, 5) is 42.9. The van der Waals surface area contributed by atoms with Gasteiger partial charge in [-0.05, 0) is 45.9 Å². The molecular weight excluding hydrogens is 430 g/mol. The number of hydrogen-bond acceptors (Lipinski definition) is 7. The number of hydrogen-bond donors (Lipinski definition) is 3. The van der Waals surface area contributed by atoms with Gasteiger partial charge in [0.2, 0.25) is 5.91 Å². The number of carbonyl (C=O) groups is 3. The van der Waals surface area contributed by atoms with E-state index in [1.54, 1.807) is 17.5 Å². The molecule has 0 aliphatic heterocycles. The van der Waals surface area contributed by atoms with Crippen LogP contribution >= 0.6 is 11.3 Å². The first-order valence-electron chi connectivity index (χ1n) is 10.4. The average molecular weight is 462 g/mol. The van der Waals surface area contributed by atoms with E-state index in [2.05, 4.69) is 53.5 Å². The lowest BCUT2D eigenvalue weighted by Gasteiger charge is -2.30. The molecule has 0 fully saturated rings. The lowest BCUT2D eigenvalue weighted by Crippen LogP contribution is -2.42. The molecule has 2 aromatic rings. The summed E-state index contributed by atoms with van der Waals surface area (Å²) in [6, 6.07) is 5.47. The lowest BCUT2D eigenvalue weighted by molar-refractivity contribution is -0.114. The molecule has 10 heteroatoms. The fourth-order valence-electron chi connectivity index (χ4n) is 3.24. The van der Waals surface area contributed by atoms with Gasteiger partial charge in [0.1, 0.15) is 11.4 Å². The van der Waals surface area contributed by atoms with Crippen molar-refractivity contribution in [3.05, 3.63) is 34.8 Å². The highest BCUT2D eigenvalue weighted by Gasteiger charge is 2.17. The maximum atomic E-state index is 12.6. The Labute approximate surface area is 192 Å². The number of ether oxygens (including phenoxy) is 1. The van der Waals surface area contributed by atoms with Crippen molar-refractivity contribution in [2.75, 3.05) is 30.8 Å². The molecule has 3 N–H and O–H groups in total. The third kappa shape index (κ3) is 7.03. The average Bonchev–Trinajstić information content (AvgIpc) is 3.18. The van der Waals surface area contributed by atoms with Crippen molar-refractivity contribution < 1.29 is 19.1 Å². The van der Waals surface area contributed by atoms with E-state index >= 15 is 0 Å². The van der Waals surface area contributed by atoms with Gasteiger partial charge in [0.15, 0.2) is 5.13 Å². The zero-order valence-electron chi connectivity index (χ0n) is 19.3. The predicted molar refractivity (Wildman–Crippen MR) is 127 cm³/mol. The van der Waals surface area contributed by atoms with Gasteiger partial charge >= 0.3 is 0 Å². The summed E-state index contributed by atoms with van der Waals surface area (Å²) in [5.41, 5.74) is 0.960. The third-order valence-corrected chi connectivity index (χ3v) is 5.47. The third-order valence-electron chi connectivity index (χ3n) is 4.71. The molecule has 0 saturated carbocycles. The minimum absolute atomic E-state index is 0.250. The summed E-state index contributed by atoms with van der Waals surface area (Å²) < 4.78 is 5.20. The van der Waals surface area contributed by atoms with E-state index in [1.165, 1.54) is 20.1 Å². The molecule has 0 aliphatic carbocycles. The molecular formula is C22H31N5O4S. The molecule has 0 radical (unpaired) electrons. The fraction of sp³-hybridized carbons (Fsp3) is 0.455. The van der Waals surface area contributed by atoms with Gasteiger partial charge in [0.05, 0.1) is 12.8 Å². The molecule has 0 aliphatic rings. The van der Waals surface area contributed by atoms with Crippen molar-refractivity contribution in [3.63, 3.8) is 0 Å². The Balaban J connectivity index is 1.98. The SMILES string of the molecule is COc1ccc(C(=O)Nc2nc(C(=O)NCCN(C(C)C)C(C)C)cs2)cc1NC(C)=O. The standard InChI is InChI=1S/C22H31N5O4S/c1-13(2)27(14(3)4)10-9-23-21(30)18-12-32-22(25-18)26-20(29)16-7-8-19(31-6)17(11-16)24-15(5)28/h7-8,11-14H,9-10H2,1-6H3,(H,23,30)(H,24,28)(H,25,26,29). The molecule has 32 heavy (non-hydrogen) atoms. The van der Waals surface area contributed by atoms with Crippen molar-refractivity contribution in [1.82, 2.24) is 15.2 Å². The Morgan fingerprint density at radius 1 is 1.09 bits per heavy atom. The highest BCUT2D eigenvalue weighted by molar-refractivity contribution is 7.14. The Kier molecular flexibility index (Phi) is 9.15. The van der Waals surface area contributed by atoms with E-state index < -0.39 is 5.91 Å². The van der Waals surface area contributed by atoms with Gasteiger partial charge in [-0.25, -0.2) is 4.98 Å². The number of thiazole rings is 1. The van der Waals surface area contributed by atoms with Crippen LogP contribution in [-0.2, 0) is 4.79 Å².